The van der Waals surface area contributed by atoms with Gasteiger partial charge in [0.05, 0.1) is 40.7 Å². The zero-order valence-corrected chi connectivity index (χ0v) is 27.2. The van der Waals surface area contributed by atoms with Gasteiger partial charge in [-0.15, -0.1) is 0 Å². The van der Waals surface area contributed by atoms with E-state index >= 15 is 0 Å². The van der Waals surface area contributed by atoms with Crippen molar-refractivity contribution >= 4 is 27.5 Å². The molecule has 0 unspecified atom stereocenters. The van der Waals surface area contributed by atoms with E-state index in [2.05, 4.69) is 61.2 Å². The highest BCUT2D eigenvalue weighted by molar-refractivity contribution is 6.00. The molecule has 0 radical (unpaired) electrons. The molecule has 9 heteroatoms. The highest BCUT2D eigenvalue weighted by Gasteiger charge is 2.17. The van der Waals surface area contributed by atoms with Gasteiger partial charge in [0.25, 0.3) is 0 Å². The molecule has 0 atom stereocenters. The topological polar surface area (TPSA) is 98.4 Å². The summed E-state index contributed by atoms with van der Waals surface area (Å²) in [6, 6.07) is 23.6. The molecule has 49 heavy (non-hydrogen) atoms. The number of halogens is 1. The summed E-state index contributed by atoms with van der Waals surface area (Å²) in [5, 5.41) is 13.0. The number of pyridine rings is 3. The van der Waals surface area contributed by atoms with Crippen LogP contribution in [-0.4, -0.2) is 54.7 Å². The van der Waals surface area contributed by atoms with Crippen LogP contribution in [0.2, 0.25) is 0 Å². The Morgan fingerprint density at radius 1 is 0.837 bits per heavy atom. The molecule has 0 amide bonds. The lowest BCUT2D eigenvalue weighted by Crippen LogP contribution is -2.20. The first-order chi connectivity index (χ1) is 24.1. The van der Waals surface area contributed by atoms with Gasteiger partial charge < -0.3 is 15.2 Å². The van der Waals surface area contributed by atoms with Crippen LogP contribution >= 0.6 is 0 Å². The van der Waals surface area contributed by atoms with Crippen molar-refractivity contribution in [3.8, 4) is 33.9 Å². The lowest BCUT2D eigenvalue weighted by Gasteiger charge is -2.14. The average Bonchev–Trinajstić information content (AvgIpc) is 3.88. The summed E-state index contributed by atoms with van der Waals surface area (Å²) in [6.45, 7) is 7.61. The van der Waals surface area contributed by atoms with Crippen LogP contribution in [0, 0.1) is 5.82 Å². The Hall–Kier alpha value is -5.67. The quantitative estimate of drug-likeness (QED) is 0.130. The molecule has 8 nitrogen and oxygen atoms in total. The Morgan fingerprint density at radius 2 is 1.69 bits per heavy atom. The third kappa shape index (κ3) is 6.71. The number of likely N-dealkylation sites (tertiary alicyclic amines) is 1. The number of aryl methyl sites for hydroxylation is 1. The van der Waals surface area contributed by atoms with Gasteiger partial charge in [-0.1, -0.05) is 36.9 Å². The van der Waals surface area contributed by atoms with E-state index in [0.29, 0.717) is 6.42 Å². The highest BCUT2D eigenvalue weighted by Crippen LogP contribution is 2.35. The van der Waals surface area contributed by atoms with Crippen LogP contribution in [0.5, 0.6) is 0 Å². The molecule has 7 aromatic rings. The van der Waals surface area contributed by atoms with E-state index < -0.39 is 0 Å². The first kappa shape index (κ1) is 30.7. The first-order valence-corrected chi connectivity index (χ1v) is 16.8. The summed E-state index contributed by atoms with van der Waals surface area (Å²) in [5.74, 6) is -0.240. The van der Waals surface area contributed by atoms with Gasteiger partial charge in [0.15, 0.2) is 0 Å². The maximum Gasteiger partial charge on any atom is 0.124 e. The van der Waals surface area contributed by atoms with Crippen molar-refractivity contribution < 1.29 is 4.39 Å². The fourth-order valence-corrected chi connectivity index (χ4v) is 6.87. The Labute approximate surface area is 284 Å². The summed E-state index contributed by atoms with van der Waals surface area (Å²) < 4.78 is 14.9. The number of benzene rings is 2. The number of allylic oxidation sites excluding steroid dienone is 1. The lowest BCUT2D eigenvalue weighted by molar-refractivity contribution is 0.334. The van der Waals surface area contributed by atoms with Crippen LogP contribution in [0.3, 0.4) is 0 Å². The number of hydrogen-bond donors (Lipinski definition) is 3. The molecule has 244 valence electrons. The Morgan fingerprint density at radius 3 is 2.57 bits per heavy atom. The number of hydrogen-bond acceptors (Lipinski definition) is 6. The largest absolute Gasteiger partial charge is 0.358 e. The highest BCUT2D eigenvalue weighted by atomic mass is 19.1. The van der Waals surface area contributed by atoms with E-state index in [1.54, 1.807) is 36.9 Å². The van der Waals surface area contributed by atoms with Crippen molar-refractivity contribution in [2.24, 2.45) is 0 Å². The van der Waals surface area contributed by atoms with Crippen molar-refractivity contribution in [2.45, 2.75) is 32.1 Å². The molecule has 6 heterocycles. The van der Waals surface area contributed by atoms with Gasteiger partial charge in [-0.2, -0.15) is 5.10 Å². The maximum atomic E-state index is 14.9. The minimum Gasteiger partial charge on any atom is -0.358 e. The summed E-state index contributed by atoms with van der Waals surface area (Å²) in [5.41, 5.74) is 10.4. The van der Waals surface area contributed by atoms with Gasteiger partial charge in [0.1, 0.15) is 11.5 Å². The fraction of sp³-hybridized carbons (Fsp3) is 0.200. The van der Waals surface area contributed by atoms with Crippen molar-refractivity contribution in [1.29, 1.82) is 0 Å². The van der Waals surface area contributed by atoms with Gasteiger partial charge in [-0.05, 0) is 98.9 Å². The second kappa shape index (κ2) is 13.4. The number of H-pyrrole nitrogens is 2. The normalized spacial score (nSPS) is 13.4. The third-order valence-electron chi connectivity index (χ3n) is 9.24. The van der Waals surface area contributed by atoms with E-state index in [-0.39, 0.29) is 5.82 Å². The molecular formula is C40H37FN8. The molecule has 1 saturated heterocycles. The minimum atomic E-state index is -0.240. The molecule has 1 fully saturated rings. The Bertz CT molecular complexity index is 2270. The second-order valence-electron chi connectivity index (χ2n) is 12.8. The number of anilines is 1. The van der Waals surface area contributed by atoms with Crippen molar-refractivity contribution in [3.63, 3.8) is 0 Å². The molecule has 0 bridgehead atoms. The molecular weight excluding hydrogens is 611 g/mol. The van der Waals surface area contributed by atoms with E-state index in [1.807, 2.05) is 36.4 Å². The van der Waals surface area contributed by atoms with Gasteiger partial charge >= 0.3 is 0 Å². The van der Waals surface area contributed by atoms with Gasteiger partial charge in [-0.25, -0.2) is 4.39 Å². The standard InChI is InChI=1S/C40H37FN8/c1-26(16-27-8-3-2-4-9-27)45-32-20-30(23-42-24-32)36-21-34-38(25-44-36)47-48-40(34)37-22-33-35(46-37)11-12-43-39(33)29-17-28(18-31(41)19-29)10-7-15-49-13-5-6-14-49/h2-4,8-9,11-12,17-25,45-46H,1,5-7,10,13-16H2,(H,47,48). The van der Waals surface area contributed by atoms with E-state index in [9.17, 15) is 4.39 Å². The molecule has 0 spiro atoms. The van der Waals surface area contributed by atoms with Gasteiger partial charge in [0, 0.05) is 51.9 Å². The van der Waals surface area contributed by atoms with Crippen LogP contribution in [0.1, 0.15) is 30.4 Å². The number of nitrogens with zero attached hydrogens (tertiary/aromatic N) is 5. The Kier molecular flexibility index (Phi) is 8.41. The number of aromatic amines is 2. The molecule has 5 aromatic heterocycles. The Balaban J connectivity index is 1.06. The summed E-state index contributed by atoms with van der Waals surface area (Å²) in [4.78, 5) is 19.9. The molecule has 0 saturated carbocycles. The lowest BCUT2D eigenvalue weighted by atomic mass is 10.0. The zero-order valence-electron chi connectivity index (χ0n) is 27.2. The van der Waals surface area contributed by atoms with Crippen LogP contribution in [0.4, 0.5) is 10.1 Å². The summed E-state index contributed by atoms with van der Waals surface area (Å²) in [6.07, 6.45) is 12.3. The van der Waals surface area contributed by atoms with Crippen LogP contribution in [-0.2, 0) is 12.8 Å². The number of rotatable bonds is 11. The van der Waals surface area contributed by atoms with E-state index in [4.69, 9.17) is 9.97 Å². The number of aromatic nitrogens is 6. The molecule has 2 aromatic carbocycles. The van der Waals surface area contributed by atoms with E-state index in [0.717, 1.165) is 92.0 Å². The third-order valence-corrected chi connectivity index (χ3v) is 9.24. The predicted molar refractivity (Wildman–Crippen MR) is 195 cm³/mol. The van der Waals surface area contributed by atoms with Crippen molar-refractivity contribution in [3.05, 3.63) is 127 Å². The SMILES string of the molecule is C=C(Cc1ccccc1)Nc1cncc(-c2cc3c(-c4cc5c(-c6cc(F)cc(CCCN7CCCC7)c6)nccc5[nH]4)n[nH]c3cn2)c1. The minimum absolute atomic E-state index is 0.240. The van der Waals surface area contributed by atoms with Gasteiger partial charge in [-0.3, -0.25) is 20.1 Å². The fourth-order valence-electron chi connectivity index (χ4n) is 6.87. The molecule has 3 N–H and O–H groups in total. The average molecular weight is 649 g/mol. The maximum absolute atomic E-state index is 14.9. The smallest absolute Gasteiger partial charge is 0.124 e. The zero-order chi connectivity index (χ0) is 33.2. The van der Waals surface area contributed by atoms with Crippen molar-refractivity contribution in [2.75, 3.05) is 25.0 Å². The summed E-state index contributed by atoms with van der Waals surface area (Å²) >= 11 is 0. The predicted octanol–water partition coefficient (Wildman–Crippen LogP) is 8.57. The first-order valence-electron chi connectivity index (χ1n) is 16.8. The van der Waals surface area contributed by atoms with Gasteiger partial charge in [0.2, 0.25) is 0 Å². The van der Waals surface area contributed by atoms with E-state index in [1.165, 1.54) is 31.5 Å². The molecule has 8 rings (SSSR count). The van der Waals surface area contributed by atoms with Crippen LogP contribution in [0.25, 0.3) is 55.7 Å². The monoisotopic (exact) mass is 648 g/mol. The second-order valence-corrected chi connectivity index (χ2v) is 12.8. The summed E-state index contributed by atoms with van der Waals surface area (Å²) in [7, 11) is 0. The molecule has 0 aliphatic carbocycles. The molecule has 1 aliphatic heterocycles. The molecule has 1 aliphatic rings. The number of fused-ring (bicyclic) bond motifs is 2. The van der Waals surface area contributed by atoms with Crippen LogP contribution < -0.4 is 5.32 Å². The van der Waals surface area contributed by atoms with Crippen molar-refractivity contribution in [1.82, 2.24) is 35.0 Å². The number of nitrogens with one attached hydrogen (secondary N) is 3. The van der Waals surface area contributed by atoms with Crippen LogP contribution in [0.15, 0.2) is 110 Å².